The predicted octanol–water partition coefficient (Wildman–Crippen LogP) is 2.95. The molecule has 7 nitrogen and oxygen atoms in total. The normalized spacial score (nSPS) is 12.3. The molecule has 0 saturated heterocycles. The quantitative estimate of drug-likeness (QED) is 0.870. The van der Waals surface area contributed by atoms with Crippen LogP contribution in [0.1, 0.15) is 49.0 Å². The highest BCUT2D eigenvalue weighted by molar-refractivity contribution is 6.33. The van der Waals surface area contributed by atoms with Gasteiger partial charge in [0.05, 0.1) is 11.6 Å². The van der Waals surface area contributed by atoms with E-state index in [2.05, 4.69) is 20.4 Å². The van der Waals surface area contributed by atoms with Gasteiger partial charge in [0.1, 0.15) is 6.04 Å². The summed E-state index contributed by atoms with van der Waals surface area (Å²) < 4.78 is 10.5. The monoisotopic (exact) mass is 338 g/mol. The van der Waals surface area contributed by atoms with Crippen LogP contribution < -0.4 is 10.1 Å². The number of hydrogen-bond acceptors (Lipinski definition) is 6. The Kier molecular flexibility index (Phi) is 5.54. The highest BCUT2D eigenvalue weighted by Gasteiger charge is 2.26. The Bertz CT molecular complexity index is 687. The first-order valence-corrected chi connectivity index (χ1v) is 7.70. The zero-order valence-electron chi connectivity index (χ0n) is 13.5. The minimum absolute atomic E-state index is 0.0487. The van der Waals surface area contributed by atoms with Gasteiger partial charge in [-0.2, -0.15) is 4.98 Å². The maximum Gasteiger partial charge on any atom is 0.272 e. The molecule has 2 aromatic heterocycles. The fourth-order valence-electron chi connectivity index (χ4n) is 1.97. The standard InChI is InChI=1S/C15H19ClN4O3/c1-5-22-11-7-6-10(16)13(18-11)14(21)19-12(8(2)3)15-17-9(4)20-23-15/h6-8,12H,5H2,1-4H3,(H,19,21). The number of carbonyl (C=O) groups excluding carboxylic acids is 1. The fourth-order valence-corrected chi connectivity index (χ4v) is 2.17. The van der Waals surface area contributed by atoms with Gasteiger partial charge in [-0.05, 0) is 25.8 Å². The molecule has 2 heterocycles. The van der Waals surface area contributed by atoms with Crippen LogP contribution in [0.25, 0.3) is 0 Å². The van der Waals surface area contributed by atoms with Crippen molar-refractivity contribution in [1.82, 2.24) is 20.4 Å². The number of nitrogens with zero attached hydrogens (tertiary/aromatic N) is 3. The Balaban J connectivity index is 2.23. The molecule has 0 aliphatic heterocycles. The topological polar surface area (TPSA) is 90.1 Å². The van der Waals surface area contributed by atoms with Crippen LogP contribution in [-0.2, 0) is 0 Å². The second-order valence-corrected chi connectivity index (χ2v) is 5.70. The number of rotatable bonds is 6. The largest absolute Gasteiger partial charge is 0.478 e. The van der Waals surface area contributed by atoms with E-state index < -0.39 is 11.9 Å². The number of amides is 1. The van der Waals surface area contributed by atoms with Crippen molar-refractivity contribution in [2.24, 2.45) is 5.92 Å². The maximum atomic E-state index is 12.5. The van der Waals surface area contributed by atoms with Gasteiger partial charge < -0.3 is 14.6 Å². The predicted molar refractivity (Wildman–Crippen MR) is 84.5 cm³/mol. The van der Waals surface area contributed by atoms with E-state index in [9.17, 15) is 4.79 Å². The molecular weight excluding hydrogens is 320 g/mol. The lowest BCUT2D eigenvalue weighted by Crippen LogP contribution is -2.32. The molecule has 0 bridgehead atoms. The lowest BCUT2D eigenvalue weighted by Gasteiger charge is -2.18. The zero-order chi connectivity index (χ0) is 17.0. The summed E-state index contributed by atoms with van der Waals surface area (Å²) in [6.45, 7) is 7.89. The second-order valence-electron chi connectivity index (χ2n) is 5.29. The Morgan fingerprint density at radius 3 is 2.70 bits per heavy atom. The van der Waals surface area contributed by atoms with E-state index in [1.165, 1.54) is 0 Å². The van der Waals surface area contributed by atoms with Crippen molar-refractivity contribution in [3.05, 3.63) is 34.6 Å². The summed E-state index contributed by atoms with van der Waals surface area (Å²) in [5.74, 6) is 0.827. The fraction of sp³-hybridized carbons (Fsp3) is 0.467. The molecule has 1 atom stereocenters. The Hall–Kier alpha value is -2.15. The van der Waals surface area contributed by atoms with E-state index in [1.807, 2.05) is 20.8 Å². The van der Waals surface area contributed by atoms with Crippen molar-refractivity contribution in [1.29, 1.82) is 0 Å². The van der Waals surface area contributed by atoms with Crippen molar-refractivity contribution in [2.75, 3.05) is 6.61 Å². The zero-order valence-corrected chi connectivity index (χ0v) is 14.2. The molecule has 124 valence electrons. The smallest absolute Gasteiger partial charge is 0.272 e. The Morgan fingerprint density at radius 1 is 1.39 bits per heavy atom. The van der Waals surface area contributed by atoms with Crippen molar-refractivity contribution < 1.29 is 14.1 Å². The van der Waals surface area contributed by atoms with Crippen LogP contribution >= 0.6 is 11.6 Å². The van der Waals surface area contributed by atoms with Crippen molar-refractivity contribution in [2.45, 2.75) is 33.7 Å². The summed E-state index contributed by atoms with van der Waals surface area (Å²) in [5, 5.41) is 6.84. The van der Waals surface area contributed by atoms with Gasteiger partial charge in [-0.1, -0.05) is 30.6 Å². The number of aryl methyl sites for hydroxylation is 1. The minimum Gasteiger partial charge on any atom is -0.478 e. The highest BCUT2D eigenvalue weighted by Crippen LogP contribution is 2.23. The average molecular weight is 339 g/mol. The van der Waals surface area contributed by atoms with E-state index >= 15 is 0 Å². The summed E-state index contributed by atoms with van der Waals surface area (Å²) in [7, 11) is 0. The molecule has 1 N–H and O–H groups in total. The summed E-state index contributed by atoms with van der Waals surface area (Å²) in [5.41, 5.74) is 0.0968. The first-order valence-electron chi connectivity index (χ1n) is 7.32. The van der Waals surface area contributed by atoms with Gasteiger partial charge in [0.15, 0.2) is 11.5 Å². The summed E-state index contributed by atoms with van der Waals surface area (Å²) in [4.78, 5) is 20.8. The number of carbonyl (C=O) groups is 1. The van der Waals surface area contributed by atoms with Gasteiger partial charge in [-0.3, -0.25) is 4.79 Å². The number of hydrogen-bond donors (Lipinski definition) is 1. The summed E-state index contributed by atoms with van der Waals surface area (Å²) in [6.07, 6.45) is 0. The maximum absolute atomic E-state index is 12.5. The third kappa shape index (κ3) is 4.19. The van der Waals surface area contributed by atoms with E-state index in [-0.39, 0.29) is 16.6 Å². The van der Waals surface area contributed by atoms with Crippen LogP contribution in [0, 0.1) is 12.8 Å². The van der Waals surface area contributed by atoms with E-state index in [4.69, 9.17) is 20.9 Å². The molecule has 1 unspecified atom stereocenters. The van der Waals surface area contributed by atoms with Crippen LogP contribution in [0.5, 0.6) is 5.88 Å². The Morgan fingerprint density at radius 2 is 2.13 bits per heavy atom. The van der Waals surface area contributed by atoms with Crippen LogP contribution in [0.2, 0.25) is 5.02 Å². The SMILES string of the molecule is CCOc1ccc(Cl)c(C(=O)NC(c2nc(C)no2)C(C)C)n1. The van der Waals surface area contributed by atoms with Crippen LogP contribution in [0.15, 0.2) is 16.7 Å². The summed E-state index contributed by atoms with van der Waals surface area (Å²) >= 11 is 6.07. The molecule has 1 amide bonds. The molecule has 23 heavy (non-hydrogen) atoms. The lowest BCUT2D eigenvalue weighted by atomic mass is 10.0. The van der Waals surface area contributed by atoms with Gasteiger partial charge >= 0.3 is 0 Å². The number of nitrogens with one attached hydrogen (secondary N) is 1. The molecule has 2 aromatic rings. The molecule has 8 heteroatoms. The lowest BCUT2D eigenvalue weighted by molar-refractivity contribution is 0.0908. The molecule has 0 aliphatic carbocycles. The number of pyridine rings is 1. The molecule has 2 rings (SSSR count). The van der Waals surface area contributed by atoms with Gasteiger partial charge in [-0.25, -0.2) is 4.98 Å². The summed E-state index contributed by atoms with van der Waals surface area (Å²) in [6, 6.07) is 2.76. The van der Waals surface area contributed by atoms with E-state index in [0.717, 1.165) is 0 Å². The van der Waals surface area contributed by atoms with E-state index in [0.29, 0.717) is 24.2 Å². The van der Waals surface area contributed by atoms with E-state index in [1.54, 1.807) is 19.1 Å². The molecular formula is C15H19ClN4O3. The molecule has 0 aromatic carbocycles. The number of halogens is 1. The third-order valence-corrected chi connectivity index (χ3v) is 3.40. The molecule has 0 radical (unpaired) electrons. The molecule has 0 aliphatic rings. The van der Waals surface area contributed by atoms with Gasteiger partial charge in [0, 0.05) is 6.07 Å². The third-order valence-electron chi connectivity index (χ3n) is 3.09. The van der Waals surface area contributed by atoms with Gasteiger partial charge in [0.25, 0.3) is 5.91 Å². The second kappa shape index (κ2) is 7.41. The first-order chi connectivity index (χ1) is 10.9. The Labute approximate surface area is 139 Å². The highest BCUT2D eigenvalue weighted by atomic mass is 35.5. The molecule has 0 fully saturated rings. The molecule has 0 spiro atoms. The van der Waals surface area contributed by atoms with Gasteiger partial charge in [-0.15, -0.1) is 0 Å². The van der Waals surface area contributed by atoms with Crippen molar-refractivity contribution in [3.63, 3.8) is 0 Å². The number of aromatic nitrogens is 3. The molecule has 0 saturated carbocycles. The van der Waals surface area contributed by atoms with Gasteiger partial charge in [0.2, 0.25) is 11.8 Å². The average Bonchev–Trinajstić information content (AvgIpc) is 2.92. The van der Waals surface area contributed by atoms with Crippen molar-refractivity contribution in [3.8, 4) is 5.88 Å². The van der Waals surface area contributed by atoms with Crippen LogP contribution in [0.3, 0.4) is 0 Å². The van der Waals surface area contributed by atoms with Crippen LogP contribution in [0.4, 0.5) is 0 Å². The minimum atomic E-state index is -0.433. The first kappa shape index (κ1) is 17.2. The number of ether oxygens (including phenoxy) is 1. The van der Waals surface area contributed by atoms with Crippen LogP contribution in [-0.4, -0.2) is 27.6 Å². The van der Waals surface area contributed by atoms with Crippen molar-refractivity contribution >= 4 is 17.5 Å².